The third kappa shape index (κ3) is 4.88. The number of allylic oxidation sites excluding steroid dienone is 5. The Kier molecular flexibility index (Phi) is 7.12. The summed E-state index contributed by atoms with van der Waals surface area (Å²) in [5.74, 6) is 1.03. The first kappa shape index (κ1) is 24.3. The number of carbonyl (C=O) groups is 1. The third-order valence-corrected chi connectivity index (χ3v) is 5.33. The van der Waals surface area contributed by atoms with E-state index in [4.69, 9.17) is 14.6 Å². The van der Waals surface area contributed by atoms with Gasteiger partial charge >= 0.3 is 0 Å². The number of methoxy groups -OCH3 is 1. The number of rotatable bonds is 7. The lowest BCUT2D eigenvalue weighted by atomic mass is 9.98. The van der Waals surface area contributed by atoms with Gasteiger partial charge < -0.3 is 19.9 Å². The van der Waals surface area contributed by atoms with E-state index >= 15 is 0 Å². The van der Waals surface area contributed by atoms with Gasteiger partial charge in [0.2, 0.25) is 0 Å². The van der Waals surface area contributed by atoms with Crippen LogP contribution in [0.5, 0.6) is 11.5 Å². The smallest absolute Gasteiger partial charge is 0.272 e. The number of aliphatic hydroxyl groups excluding tert-OH is 1. The van der Waals surface area contributed by atoms with Gasteiger partial charge in [-0.2, -0.15) is 5.10 Å². The van der Waals surface area contributed by atoms with E-state index < -0.39 is 5.54 Å². The molecule has 0 bridgehead atoms. The second-order valence-electron chi connectivity index (χ2n) is 8.90. The van der Waals surface area contributed by atoms with E-state index in [1.54, 1.807) is 25.6 Å². The summed E-state index contributed by atoms with van der Waals surface area (Å²) < 4.78 is 13.4. The fourth-order valence-corrected chi connectivity index (χ4v) is 3.73. The van der Waals surface area contributed by atoms with Crippen LogP contribution in [0, 0.1) is 0 Å². The number of aromatic nitrogens is 2. The monoisotopic (exact) mass is 451 g/mol. The van der Waals surface area contributed by atoms with Crippen molar-refractivity contribution in [2.45, 2.75) is 53.7 Å². The Hall–Kier alpha value is -3.32. The SMILES string of the molecule is C/C=C\C(=C/C)n1nc(C(=O)NC(C)(C)CO)c2c1-c1cc(C=C(C)C)c(OC)cc1OC2. The number of hydrogen-bond donors (Lipinski definition) is 2. The molecule has 1 aromatic heterocycles. The number of hydrogen-bond acceptors (Lipinski definition) is 5. The maximum atomic E-state index is 13.2. The van der Waals surface area contributed by atoms with Crippen molar-refractivity contribution in [3.8, 4) is 22.8 Å². The van der Waals surface area contributed by atoms with Crippen LogP contribution in [0.1, 0.15) is 63.2 Å². The fourth-order valence-electron chi connectivity index (χ4n) is 3.73. The van der Waals surface area contributed by atoms with Crippen LogP contribution in [-0.2, 0) is 6.61 Å². The summed E-state index contributed by atoms with van der Waals surface area (Å²) in [5, 5.41) is 17.2. The summed E-state index contributed by atoms with van der Waals surface area (Å²) in [4.78, 5) is 13.2. The van der Waals surface area contributed by atoms with Crippen LogP contribution < -0.4 is 14.8 Å². The molecule has 0 saturated carbocycles. The van der Waals surface area contributed by atoms with Crippen molar-refractivity contribution in [3.05, 3.63) is 52.8 Å². The minimum atomic E-state index is -0.780. The number of nitrogens with one attached hydrogen (secondary N) is 1. The van der Waals surface area contributed by atoms with Crippen molar-refractivity contribution >= 4 is 17.7 Å². The van der Waals surface area contributed by atoms with E-state index in [1.807, 2.05) is 64.1 Å². The zero-order valence-electron chi connectivity index (χ0n) is 20.4. The summed E-state index contributed by atoms with van der Waals surface area (Å²) in [6.07, 6.45) is 7.87. The van der Waals surface area contributed by atoms with Gasteiger partial charge in [0, 0.05) is 22.8 Å². The van der Waals surface area contributed by atoms with E-state index in [0.717, 1.165) is 28.1 Å². The standard InChI is InChI=1S/C26H33N3O4/c1-8-10-18(9-2)29-24-19-12-17(11-16(3)4)21(32-7)13-22(19)33-14-20(24)23(28-29)25(31)27-26(5,6)15-30/h8-13,30H,14-15H2,1-7H3,(H,27,31)/b10-8-,18-9+. The van der Waals surface area contributed by atoms with Crippen molar-refractivity contribution in [1.29, 1.82) is 0 Å². The minimum absolute atomic E-state index is 0.189. The number of benzene rings is 1. The molecule has 0 unspecified atom stereocenters. The zero-order valence-corrected chi connectivity index (χ0v) is 20.4. The van der Waals surface area contributed by atoms with Crippen LogP contribution >= 0.6 is 0 Å². The van der Waals surface area contributed by atoms with Gasteiger partial charge in [-0.05, 0) is 53.7 Å². The molecule has 0 fully saturated rings. The Morgan fingerprint density at radius 3 is 2.64 bits per heavy atom. The molecule has 2 N–H and O–H groups in total. The first-order chi connectivity index (χ1) is 15.6. The third-order valence-electron chi connectivity index (χ3n) is 5.33. The highest BCUT2D eigenvalue weighted by Crippen LogP contribution is 2.44. The molecule has 2 heterocycles. The van der Waals surface area contributed by atoms with Crippen molar-refractivity contribution in [2.75, 3.05) is 13.7 Å². The molecule has 0 saturated heterocycles. The highest BCUT2D eigenvalue weighted by molar-refractivity contribution is 5.97. The van der Waals surface area contributed by atoms with Gasteiger partial charge in [0.05, 0.1) is 30.6 Å². The fraction of sp³-hybridized carbons (Fsp3) is 0.385. The predicted molar refractivity (Wildman–Crippen MR) is 131 cm³/mol. The molecule has 33 heavy (non-hydrogen) atoms. The van der Waals surface area contributed by atoms with Gasteiger partial charge in [0.25, 0.3) is 5.91 Å². The molecule has 0 atom stereocenters. The number of nitrogens with zero attached hydrogens (tertiary/aromatic N) is 2. The van der Waals surface area contributed by atoms with Gasteiger partial charge in [-0.15, -0.1) is 0 Å². The molecular formula is C26H33N3O4. The molecule has 3 rings (SSSR count). The van der Waals surface area contributed by atoms with Crippen molar-refractivity contribution in [2.24, 2.45) is 0 Å². The highest BCUT2D eigenvalue weighted by atomic mass is 16.5. The Bertz CT molecular complexity index is 1150. The number of aliphatic hydroxyl groups is 1. The van der Waals surface area contributed by atoms with Crippen molar-refractivity contribution in [3.63, 3.8) is 0 Å². The van der Waals surface area contributed by atoms with Gasteiger partial charge in [0.1, 0.15) is 18.1 Å². The average Bonchev–Trinajstić information content (AvgIpc) is 3.16. The molecule has 0 spiro atoms. The van der Waals surface area contributed by atoms with E-state index in [0.29, 0.717) is 17.1 Å². The Balaban J connectivity index is 2.29. The van der Waals surface area contributed by atoms with Crippen LogP contribution in [0.2, 0.25) is 0 Å². The maximum absolute atomic E-state index is 13.2. The minimum Gasteiger partial charge on any atom is -0.496 e. The summed E-state index contributed by atoms with van der Waals surface area (Å²) in [6.45, 7) is 11.5. The zero-order chi connectivity index (χ0) is 24.3. The number of carbonyl (C=O) groups excluding carboxylic acids is 1. The van der Waals surface area contributed by atoms with Gasteiger partial charge in [-0.1, -0.05) is 23.8 Å². The highest BCUT2D eigenvalue weighted by Gasteiger charge is 2.32. The van der Waals surface area contributed by atoms with Gasteiger partial charge in [-0.25, -0.2) is 4.68 Å². The summed E-state index contributed by atoms with van der Waals surface area (Å²) in [5.41, 5.74) is 4.72. The molecule has 7 heteroatoms. The number of ether oxygens (including phenoxy) is 2. The lowest BCUT2D eigenvalue weighted by Crippen LogP contribution is -2.46. The number of fused-ring (bicyclic) bond motifs is 3. The Labute approximate surface area is 195 Å². The molecule has 7 nitrogen and oxygen atoms in total. The maximum Gasteiger partial charge on any atom is 0.272 e. The second kappa shape index (κ2) is 9.67. The van der Waals surface area contributed by atoms with Gasteiger partial charge in [-0.3, -0.25) is 4.79 Å². The largest absolute Gasteiger partial charge is 0.496 e. The van der Waals surface area contributed by atoms with Crippen LogP contribution in [0.15, 0.2) is 35.9 Å². The Morgan fingerprint density at radius 1 is 1.33 bits per heavy atom. The molecule has 1 aliphatic rings. The van der Waals surface area contributed by atoms with E-state index in [-0.39, 0.29) is 24.8 Å². The van der Waals surface area contributed by atoms with E-state index in [9.17, 15) is 9.90 Å². The molecule has 0 aliphatic carbocycles. The molecule has 2 aromatic rings. The quantitative estimate of drug-likeness (QED) is 0.590. The topological polar surface area (TPSA) is 85.6 Å². The summed E-state index contributed by atoms with van der Waals surface area (Å²) in [6, 6.07) is 3.89. The molecule has 0 radical (unpaired) electrons. The van der Waals surface area contributed by atoms with Crippen LogP contribution in [0.4, 0.5) is 0 Å². The average molecular weight is 452 g/mol. The molecule has 176 valence electrons. The second-order valence-corrected chi connectivity index (χ2v) is 8.90. The van der Waals surface area contributed by atoms with Crippen LogP contribution in [-0.4, -0.2) is 40.0 Å². The number of amides is 1. The van der Waals surface area contributed by atoms with E-state index in [2.05, 4.69) is 5.32 Å². The van der Waals surface area contributed by atoms with Crippen molar-refractivity contribution in [1.82, 2.24) is 15.1 Å². The van der Waals surface area contributed by atoms with Crippen LogP contribution in [0.3, 0.4) is 0 Å². The van der Waals surface area contributed by atoms with Gasteiger partial charge in [0.15, 0.2) is 5.69 Å². The van der Waals surface area contributed by atoms with Crippen LogP contribution in [0.25, 0.3) is 23.0 Å². The lowest BCUT2D eigenvalue weighted by Gasteiger charge is -2.24. The molecule has 1 aromatic carbocycles. The summed E-state index contributed by atoms with van der Waals surface area (Å²) in [7, 11) is 1.64. The summed E-state index contributed by atoms with van der Waals surface area (Å²) >= 11 is 0. The predicted octanol–water partition coefficient (Wildman–Crippen LogP) is 4.81. The first-order valence-electron chi connectivity index (χ1n) is 11.0. The Morgan fingerprint density at radius 2 is 2.06 bits per heavy atom. The van der Waals surface area contributed by atoms with E-state index in [1.165, 1.54) is 0 Å². The van der Waals surface area contributed by atoms with Crippen molar-refractivity contribution < 1.29 is 19.4 Å². The first-order valence-corrected chi connectivity index (χ1v) is 11.0. The molecule has 1 aliphatic heterocycles. The lowest BCUT2D eigenvalue weighted by molar-refractivity contribution is 0.0861. The molecular weight excluding hydrogens is 418 g/mol. The molecule has 1 amide bonds. The normalized spacial score (nSPS) is 13.3.